The van der Waals surface area contributed by atoms with Crippen molar-refractivity contribution in [2.75, 3.05) is 23.7 Å². The van der Waals surface area contributed by atoms with Gasteiger partial charge >= 0.3 is 6.03 Å². The molecule has 0 spiro atoms. The highest BCUT2D eigenvalue weighted by molar-refractivity contribution is 7.92. The van der Waals surface area contributed by atoms with Crippen molar-refractivity contribution >= 4 is 33.3 Å². The zero-order valence-electron chi connectivity index (χ0n) is 14.7. The molecule has 0 unspecified atom stereocenters. The fourth-order valence-corrected chi connectivity index (χ4v) is 4.07. The molecule has 25 heavy (non-hydrogen) atoms. The number of carbonyl (C=O) groups is 1. The summed E-state index contributed by atoms with van der Waals surface area (Å²) < 4.78 is 25.4. The van der Waals surface area contributed by atoms with Gasteiger partial charge < -0.3 is 10.6 Å². The number of urea groups is 1. The summed E-state index contributed by atoms with van der Waals surface area (Å²) in [7, 11) is -3.47. The number of hydrogen-bond acceptors (Lipinski definition) is 3. The molecular formula is C17H26ClN3O3S. The van der Waals surface area contributed by atoms with Crippen LogP contribution in [0.3, 0.4) is 0 Å². The molecular weight excluding hydrogens is 362 g/mol. The Balaban J connectivity index is 1.92. The van der Waals surface area contributed by atoms with E-state index in [2.05, 4.69) is 10.6 Å². The standard InChI is InChI=1S/C17H26ClN3O3S/c1-13-8-9-15(12-16(13)18)21(25(2,23)24)11-10-19-17(22)20-14-6-4-3-5-7-14/h8-9,12,14H,3-7,10-11H2,1-2H3,(H2,19,20,22). The van der Waals surface area contributed by atoms with Crippen LogP contribution < -0.4 is 14.9 Å². The van der Waals surface area contributed by atoms with Gasteiger partial charge in [-0.25, -0.2) is 13.2 Å². The summed E-state index contributed by atoms with van der Waals surface area (Å²) in [6, 6.07) is 5.08. The van der Waals surface area contributed by atoms with Crippen LogP contribution in [-0.4, -0.2) is 39.8 Å². The molecule has 2 amide bonds. The molecule has 1 fully saturated rings. The Bertz CT molecular complexity index is 703. The number of hydrogen-bond donors (Lipinski definition) is 2. The van der Waals surface area contributed by atoms with E-state index in [4.69, 9.17) is 11.6 Å². The molecule has 1 aromatic rings. The SMILES string of the molecule is Cc1ccc(N(CCNC(=O)NC2CCCCC2)S(C)(=O)=O)cc1Cl. The van der Waals surface area contributed by atoms with Crippen LogP contribution in [0, 0.1) is 6.92 Å². The second kappa shape index (κ2) is 8.76. The minimum absolute atomic E-state index is 0.149. The Labute approximate surface area is 155 Å². The molecule has 0 heterocycles. The molecule has 0 bridgehead atoms. The van der Waals surface area contributed by atoms with Gasteiger partial charge in [-0.2, -0.15) is 0 Å². The summed E-state index contributed by atoms with van der Waals surface area (Å²) in [6.07, 6.45) is 6.66. The average molecular weight is 388 g/mol. The molecule has 140 valence electrons. The third-order valence-corrected chi connectivity index (χ3v) is 5.99. The van der Waals surface area contributed by atoms with E-state index in [1.807, 2.05) is 6.92 Å². The summed E-state index contributed by atoms with van der Waals surface area (Å²) in [6.45, 7) is 2.22. The number of halogens is 1. The van der Waals surface area contributed by atoms with Crippen molar-refractivity contribution in [3.05, 3.63) is 28.8 Å². The fraction of sp³-hybridized carbons (Fsp3) is 0.588. The van der Waals surface area contributed by atoms with Gasteiger partial charge in [0.1, 0.15) is 0 Å². The number of carbonyl (C=O) groups excluding carboxylic acids is 1. The summed E-state index contributed by atoms with van der Waals surface area (Å²) in [5.41, 5.74) is 1.37. The van der Waals surface area contributed by atoms with Crippen LogP contribution in [0.15, 0.2) is 18.2 Å². The lowest BCUT2D eigenvalue weighted by Crippen LogP contribution is -2.45. The minimum atomic E-state index is -3.47. The Kier molecular flexibility index (Phi) is 6.95. The van der Waals surface area contributed by atoms with E-state index in [0.717, 1.165) is 37.5 Å². The van der Waals surface area contributed by atoms with Crippen molar-refractivity contribution in [3.63, 3.8) is 0 Å². The quantitative estimate of drug-likeness (QED) is 0.787. The van der Waals surface area contributed by atoms with Gasteiger partial charge in [0.2, 0.25) is 10.0 Å². The van der Waals surface area contributed by atoms with Crippen LogP contribution in [0.2, 0.25) is 5.02 Å². The Morgan fingerprint density at radius 1 is 1.28 bits per heavy atom. The van der Waals surface area contributed by atoms with Gasteiger partial charge in [0.05, 0.1) is 18.5 Å². The minimum Gasteiger partial charge on any atom is -0.336 e. The van der Waals surface area contributed by atoms with Crippen molar-refractivity contribution in [1.29, 1.82) is 0 Å². The first kappa shape index (κ1) is 19.8. The Morgan fingerprint density at radius 3 is 2.56 bits per heavy atom. The number of rotatable bonds is 6. The monoisotopic (exact) mass is 387 g/mol. The van der Waals surface area contributed by atoms with Crippen molar-refractivity contribution in [1.82, 2.24) is 10.6 Å². The first-order valence-electron chi connectivity index (χ1n) is 8.55. The summed E-state index contributed by atoms with van der Waals surface area (Å²) >= 11 is 6.10. The Hall–Kier alpha value is -1.47. The summed E-state index contributed by atoms with van der Waals surface area (Å²) in [5.74, 6) is 0. The van der Waals surface area contributed by atoms with E-state index in [1.165, 1.54) is 10.7 Å². The van der Waals surface area contributed by atoms with E-state index in [9.17, 15) is 13.2 Å². The molecule has 1 aromatic carbocycles. The number of anilines is 1. The van der Waals surface area contributed by atoms with Gasteiger partial charge in [0, 0.05) is 17.6 Å². The summed E-state index contributed by atoms with van der Waals surface area (Å²) in [5, 5.41) is 6.20. The zero-order valence-corrected chi connectivity index (χ0v) is 16.3. The van der Waals surface area contributed by atoms with Crippen molar-refractivity contribution in [2.24, 2.45) is 0 Å². The second-order valence-corrected chi connectivity index (χ2v) is 8.82. The highest BCUT2D eigenvalue weighted by atomic mass is 35.5. The van der Waals surface area contributed by atoms with Gasteiger partial charge in [-0.05, 0) is 37.5 Å². The van der Waals surface area contributed by atoms with Crippen LogP contribution in [0.25, 0.3) is 0 Å². The number of nitrogens with zero attached hydrogens (tertiary/aromatic N) is 1. The smallest absolute Gasteiger partial charge is 0.315 e. The van der Waals surface area contributed by atoms with Crippen molar-refractivity contribution in [3.8, 4) is 0 Å². The number of sulfonamides is 1. The third kappa shape index (κ3) is 6.08. The van der Waals surface area contributed by atoms with Crippen LogP contribution in [0.5, 0.6) is 0 Å². The van der Waals surface area contributed by atoms with Gasteiger partial charge in [0.25, 0.3) is 0 Å². The van der Waals surface area contributed by atoms with E-state index in [0.29, 0.717) is 10.7 Å². The third-order valence-electron chi connectivity index (χ3n) is 4.38. The largest absolute Gasteiger partial charge is 0.336 e. The molecule has 1 aliphatic carbocycles. The molecule has 0 saturated heterocycles. The lowest BCUT2D eigenvalue weighted by atomic mass is 9.96. The van der Waals surface area contributed by atoms with Gasteiger partial charge in [-0.15, -0.1) is 0 Å². The molecule has 0 radical (unpaired) electrons. The van der Waals surface area contributed by atoms with Gasteiger partial charge in [-0.1, -0.05) is 36.9 Å². The maximum Gasteiger partial charge on any atom is 0.315 e. The second-order valence-electron chi connectivity index (χ2n) is 6.50. The van der Waals surface area contributed by atoms with Crippen LogP contribution in [0.1, 0.15) is 37.7 Å². The molecule has 0 aromatic heterocycles. The first-order valence-corrected chi connectivity index (χ1v) is 10.8. The highest BCUT2D eigenvalue weighted by Gasteiger charge is 2.19. The average Bonchev–Trinajstić information content (AvgIpc) is 2.54. The normalized spacial score (nSPS) is 15.6. The highest BCUT2D eigenvalue weighted by Crippen LogP contribution is 2.24. The zero-order chi connectivity index (χ0) is 18.4. The fourth-order valence-electron chi connectivity index (χ4n) is 2.98. The number of nitrogens with one attached hydrogen (secondary N) is 2. The predicted molar refractivity (Wildman–Crippen MR) is 102 cm³/mol. The van der Waals surface area contributed by atoms with E-state index in [-0.39, 0.29) is 25.2 Å². The van der Waals surface area contributed by atoms with E-state index < -0.39 is 10.0 Å². The molecule has 1 aliphatic rings. The van der Waals surface area contributed by atoms with Crippen molar-refractivity contribution < 1.29 is 13.2 Å². The van der Waals surface area contributed by atoms with Crippen LogP contribution >= 0.6 is 11.6 Å². The number of amides is 2. The maximum absolute atomic E-state index is 12.1. The Morgan fingerprint density at radius 2 is 1.96 bits per heavy atom. The molecule has 0 aliphatic heterocycles. The molecule has 2 rings (SSSR count). The van der Waals surface area contributed by atoms with Crippen LogP contribution in [0.4, 0.5) is 10.5 Å². The first-order chi connectivity index (χ1) is 11.8. The number of aryl methyl sites for hydroxylation is 1. The molecule has 0 atom stereocenters. The molecule has 6 nitrogen and oxygen atoms in total. The van der Waals surface area contributed by atoms with E-state index in [1.54, 1.807) is 18.2 Å². The lowest BCUT2D eigenvalue weighted by molar-refractivity contribution is 0.233. The number of benzene rings is 1. The predicted octanol–water partition coefficient (Wildman–Crippen LogP) is 3.05. The topological polar surface area (TPSA) is 78.5 Å². The summed E-state index contributed by atoms with van der Waals surface area (Å²) in [4.78, 5) is 12.0. The molecule has 1 saturated carbocycles. The van der Waals surface area contributed by atoms with Gasteiger partial charge in [0.15, 0.2) is 0 Å². The lowest BCUT2D eigenvalue weighted by Gasteiger charge is -2.25. The van der Waals surface area contributed by atoms with Crippen LogP contribution in [-0.2, 0) is 10.0 Å². The molecule has 2 N–H and O–H groups in total. The van der Waals surface area contributed by atoms with Gasteiger partial charge in [-0.3, -0.25) is 4.31 Å². The van der Waals surface area contributed by atoms with E-state index >= 15 is 0 Å². The van der Waals surface area contributed by atoms with Crippen molar-refractivity contribution in [2.45, 2.75) is 45.1 Å². The molecule has 8 heteroatoms. The maximum atomic E-state index is 12.1.